The second-order valence-corrected chi connectivity index (χ2v) is 5.96. The second kappa shape index (κ2) is 7.28. The summed E-state index contributed by atoms with van der Waals surface area (Å²) in [4.78, 5) is 16.5. The average Bonchev–Trinajstić information content (AvgIpc) is 3.35. The van der Waals surface area contributed by atoms with Gasteiger partial charge in [0, 0.05) is 29.5 Å². The van der Waals surface area contributed by atoms with Gasteiger partial charge in [-0.2, -0.15) is 10.1 Å². The molecular formula is C19H17N5O3. The summed E-state index contributed by atoms with van der Waals surface area (Å²) in [6.45, 7) is 0. The van der Waals surface area contributed by atoms with Gasteiger partial charge in [-0.3, -0.25) is 9.89 Å². The number of nitrogens with zero attached hydrogens (tertiary/aromatic N) is 3. The molecule has 0 saturated carbocycles. The lowest BCUT2D eigenvalue weighted by atomic mass is 10.2. The number of amides is 1. The fraction of sp³-hybridized carbons (Fsp3) is 0.158. The Morgan fingerprint density at radius 1 is 1.22 bits per heavy atom. The fourth-order valence-electron chi connectivity index (χ4n) is 2.68. The zero-order valence-electron chi connectivity index (χ0n) is 14.6. The summed E-state index contributed by atoms with van der Waals surface area (Å²) in [5.41, 5.74) is 2.46. The van der Waals surface area contributed by atoms with Gasteiger partial charge in [0.15, 0.2) is 0 Å². The van der Waals surface area contributed by atoms with Gasteiger partial charge in [0.2, 0.25) is 17.6 Å². The van der Waals surface area contributed by atoms with Crippen molar-refractivity contribution in [3.63, 3.8) is 0 Å². The molecule has 0 fully saturated rings. The van der Waals surface area contributed by atoms with Gasteiger partial charge in [0.1, 0.15) is 5.75 Å². The van der Waals surface area contributed by atoms with E-state index in [9.17, 15) is 4.79 Å². The van der Waals surface area contributed by atoms with Crippen LogP contribution in [0.1, 0.15) is 12.3 Å². The average molecular weight is 363 g/mol. The predicted octanol–water partition coefficient (Wildman–Crippen LogP) is 3.19. The minimum atomic E-state index is -0.123. The predicted molar refractivity (Wildman–Crippen MR) is 99.3 cm³/mol. The van der Waals surface area contributed by atoms with Crippen molar-refractivity contribution in [3.8, 4) is 17.1 Å². The maximum absolute atomic E-state index is 12.2. The Bertz CT molecular complexity index is 1070. The number of rotatable bonds is 6. The van der Waals surface area contributed by atoms with Gasteiger partial charge in [0.05, 0.1) is 18.8 Å². The summed E-state index contributed by atoms with van der Waals surface area (Å²) < 4.78 is 10.4. The van der Waals surface area contributed by atoms with E-state index in [-0.39, 0.29) is 12.3 Å². The van der Waals surface area contributed by atoms with E-state index >= 15 is 0 Å². The lowest BCUT2D eigenvalue weighted by molar-refractivity contribution is -0.116. The quantitative estimate of drug-likeness (QED) is 0.545. The van der Waals surface area contributed by atoms with E-state index in [0.717, 1.165) is 27.9 Å². The van der Waals surface area contributed by atoms with E-state index in [1.54, 1.807) is 13.3 Å². The molecule has 0 aliphatic heterocycles. The number of anilines is 1. The minimum Gasteiger partial charge on any atom is -0.497 e. The van der Waals surface area contributed by atoms with Crippen molar-refractivity contribution < 1.29 is 14.1 Å². The zero-order chi connectivity index (χ0) is 18.6. The number of aromatic nitrogens is 4. The molecule has 4 rings (SSSR count). The van der Waals surface area contributed by atoms with Crippen molar-refractivity contribution in [1.82, 2.24) is 20.3 Å². The van der Waals surface area contributed by atoms with Gasteiger partial charge in [-0.05, 0) is 42.5 Å². The molecule has 0 radical (unpaired) electrons. The van der Waals surface area contributed by atoms with Crippen molar-refractivity contribution in [2.24, 2.45) is 0 Å². The molecule has 0 atom stereocenters. The van der Waals surface area contributed by atoms with Crippen molar-refractivity contribution in [3.05, 3.63) is 54.6 Å². The SMILES string of the molecule is COc1ccc(-c2noc(CCC(=O)Nc3ccc4[nH]ncc4c3)n2)cc1. The molecule has 8 nitrogen and oxygen atoms in total. The third-order valence-electron chi connectivity index (χ3n) is 4.11. The first-order chi connectivity index (χ1) is 13.2. The lowest BCUT2D eigenvalue weighted by Gasteiger charge is -2.04. The molecule has 4 aromatic rings. The molecule has 2 N–H and O–H groups in total. The number of benzene rings is 2. The van der Waals surface area contributed by atoms with Crippen LogP contribution in [0.5, 0.6) is 5.75 Å². The number of carbonyl (C=O) groups excluding carboxylic acids is 1. The van der Waals surface area contributed by atoms with Crippen molar-refractivity contribution in [2.45, 2.75) is 12.8 Å². The van der Waals surface area contributed by atoms with E-state index in [1.807, 2.05) is 42.5 Å². The highest BCUT2D eigenvalue weighted by Crippen LogP contribution is 2.20. The summed E-state index contributed by atoms with van der Waals surface area (Å²) in [7, 11) is 1.61. The number of aryl methyl sites for hydroxylation is 1. The highest BCUT2D eigenvalue weighted by Gasteiger charge is 2.11. The standard InChI is InChI=1S/C19H17N5O3/c1-26-15-5-2-12(3-6-15)19-22-18(27-24-19)9-8-17(25)21-14-4-7-16-13(10-14)11-20-23-16/h2-7,10-11H,8-9H2,1H3,(H,20,23)(H,21,25). The molecule has 0 aliphatic rings. The van der Waals surface area contributed by atoms with Crippen molar-refractivity contribution in [2.75, 3.05) is 12.4 Å². The molecule has 8 heteroatoms. The molecular weight excluding hydrogens is 346 g/mol. The molecule has 0 bridgehead atoms. The normalized spacial score (nSPS) is 10.9. The highest BCUT2D eigenvalue weighted by atomic mass is 16.5. The number of carbonyl (C=O) groups is 1. The Hall–Kier alpha value is -3.68. The smallest absolute Gasteiger partial charge is 0.227 e. The number of H-pyrrole nitrogens is 1. The van der Waals surface area contributed by atoms with E-state index in [2.05, 4.69) is 25.7 Å². The maximum atomic E-state index is 12.2. The third-order valence-corrected chi connectivity index (χ3v) is 4.11. The molecule has 1 amide bonds. The first-order valence-electron chi connectivity index (χ1n) is 8.41. The van der Waals surface area contributed by atoms with Crippen LogP contribution in [0.4, 0.5) is 5.69 Å². The van der Waals surface area contributed by atoms with Crippen LogP contribution in [-0.2, 0) is 11.2 Å². The van der Waals surface area contributed by atoms with Gasteiger partial charge in [-0.15, -0.1) is 0 Å². The summed E-state index contributed by atoms with van der Waals surface area (Å²) in [6.07, 6.45) is 2.32. The number of fused-ring (bicyclic) bond motifs is 1. The summed E-state index contributed by atoms with van der Waals surface area (Å²) in [6, 6.07) is 12.9. The molecule has 27 heavy (non-hydrogen) atoms. The van der Waals surface area contributed by atoms with Gasteiger partial charge in [-0.25, -0.2) is 0 Å². The van der Waals surface area contributed by atoms with Crippen LogP contribution in [0.15, 0.2) is 53.2 Å². The lowest BCUT2D eigenvalue weighted by Crippen LogP contribution is -2.12. The van der Waals surface area contributed by atoms with E-state index in [0.29, 0.717) is 18.1 Å². The van der Waals surface area contributed by atoms with Crippen LogP contribution in [0, 0.1) is 0 Å². The van der Waals surface area contributed by atoms with Gasteiger partial charge < -0.3 is 14.6 Å². The number of aromatic amines is 1. The van der Waals surface area contributed by atoms with Gasteiger partial charge in [0.25, 0.3) is 0 Å². The van der Waals surface area contributed by atoms with Gasteiger partial charge >= 0.3 is 0 Å². The monoisotopic (exact) mass is 363 g/mol. The van der Waals surface area contributed by atoms with E-state index in [4.69, 9.17) is 9.26 Å². The Labute approximate surface area is 154 Å². The molecule has 0 spiro atoms. The summed E-state index contributed by atoms with van der Waals surface area (Å²) in [5.74, 6) is 1.54. The number of hydrogen-bond donors (Lipinski definition) is 2. The van der Waals surface area contributed by atoms with Crippen LogP contribution in [0.25, 0.3) is 22.3 Å². The Balaban J connectivity index is 1.35. The fourth-order valence-corrected chi connectivity index (χ4v) is 2.68. The van der Waals surface area contributed by atoms with Crippen LogP contribution < -0.4 is 10.1 Å². The first kappa shape index (κ1) is 16.8. The van der Waals surface area contributed by atoms with E-state index < -0.39 is 0 Å². The van der Waals surface area contributed by atoms with Crippen LogP contribution in [0.2, 0.25) is 0 Å². The third kappa shape index (κ3) is 3.79. The molecule has 2 aromatic carbocycles. The Kier molecular flexibility index (Phi) is 4.52. The molecule has 2 heterocycles. The topological polar surface area (TPSA) is 106 Å². The largest absolute Gasteiger partial charge is 0.497 e. The highest BCUT2D eigenvalue weighted by molar-refractivity contribution is 5.93. The number of methoxy groups -OCH3 is 1. The first-order valence-corrected chi connectivity index (χ1v) is 8.41. The van der Waals surface area contributed by atoms with Crippen molar-refractivity contribution in [1.29, 1.82) is 0 Å². The Morgan fingerprint density at radius 2 is 2.07 bits per heavy atom. The van der Waals surface area contributed by atoms with Crippen LogP contribution >= 0.6 is 0 Å². The number of nitrogens with one attached hydrogen (secondary N) is 2. The van der Waals surface area contributed by atoms with Crippen LogP contribution in [-0.4, -0.2) is 33.4 Å². The number of hydrogen-bond acceptors (Lipinski definition) is 6. The maximum Gasteiger partial charge on any atom is 0.227 e. The molecule has 136 valence electrons. The molecule has 0 saturated heterocycles. The molecule has 2 aromatic heterocycles. The van der Waals surface area contributed by atoms with E-state index in [1.165, 1.54) is 0 Å². The summed E-state index contributed by atoms with van der Waals surface area (Å²) in [5, 5.41) is 14.6. The minimum absolute atomic E-state index is 0.123. The van der Waals surface area contributed by atoms with Gasteiger partial charge in [-0.1, -0.05) is 5.16 Å². The molecule has 0 unspecified atom stereocenters. The zero-order valence-corrected chi connectivity index (χ0v) is 14.6. The molecule has 0 aliphatic carbocycles. The van der Waals surface area contributed by atoms with Crippen molar-refractivity contribution >= 4 is 22.5 Å². The van der Waals surface area contributed by atoms with Crippen LogP contribution in [0.3, 0.4) is 0 Å². The number of ether oxygens (including phenoxy) is 1. The second-order valence-electron chi connectivity index (χ2n) is 5.96. The Morgan fingerprint density at radius 3 is 2.89 bits per heavy atom. The summed E-state index contributed by atoms with van der Waals surface area (Å²) >= 11 is 0.